The Kier molecular flexibility index (Phi) is 4.37. The van der Waals surface area contributed by atoms with Crippen molar-refractivity contribution in [1.82, 2.24) is 30.0 Å². The number of aryl methyl sites for hydroxylation is 2. The highest BCUT2D eigenvalue weighted by Gasteiger charge is 2.35. The first kappa shape index (κ1) is 15.0. The summed E-state index contributed by atoms with van der Waals surface area (Å²) >= 11 is 1.34. The number of thioether (sulfide) groups is 1. The highest BCUT2D eigenvalue weighted by molar-refractivity contribution is 7.99. The van der Waals surface area contributed by atoms with E-state index in [0.29, 0.717) is 16.8 Å². The van der Waals surface area contributed by atoms with E-state index < -0.39 is 0 Å². The van der Waals surface area contributed by atoms with Gasteiger partial charge in [-0.2, -0.15) is 5.10 Å². The van der Waals surface area contributed by atoms with Gasteiger partial charge in [0, 0.05) is 18.9 Å². The SMILES string of the molecule is Cc1ccnc(SCC(=O)NC(c2ncnn2C)C2CC2)n1. The number of amides is 1. The van der Waals surface area contributed by atoms with E-state index in [1.54, 1.807) is 10.9 Å². The van der Waals surface area contributed by atoms with Gasteiger partial charge in [0.15, 0.2) is 5.16 Å². The van der Waals surface area contributed by atoms with E-state index in [-0.39, 0.29) is 11.9 Å². The first-order chi connectivity index (χ1) is 10.6. The van der Waals surface area contributed by atoms with E-state index >= 15 is 0 Å². The molecule has 1 N–H and O–H groups in total. The number of aromatic nitrogens is 5. The topological polar surface area (TPSA) is 85.6 Å². The van der Waals surface area contributed by atoms with E-state index in [4.69, 9.17) is 0 Å². The molecule has 22 heavy (non-hydrogen) atoms. The minimum atomic E-state index is -0.0565. The van der Waals surface area contributed by atoms with Crippen LogP contribution in [0.1, 0.15) is 30.4 Å². The molecule has 0 bridgehead atoms. The van der Waals surface area contributed by atoms with Crippen LogP contribution in [-0.4, -0.2) is 36.4 Å². The molecular formula is C14H18N6OS. The first-order valence-corrected chi connectivity index (χ1v) is 8.18. The summed E-state index contributed by atoms with van der Waals surface area (Å²) < 4.78 is 1.72. The van der Waals surface area contributed by atoms with Crippen LogP contribution < -0.4 is 5.32 Å². The summed E-state index contributed by atoms with van der Waals surface area (Å²) in [4.78, 5) is 24.9. The zero-order valence-corrected chi connectivity index (χ0v) is 13.4. The van der Waals surface area contributed by atoms with Crippen LogP contribution in [0.3, 0.4) is 0 Å². The molecule has 1 unspecified atom stereocenters. The van der Waals surface area contributed by atoms with Crippen molar-refractivity contribution >= 4 is 17.7 Å². The number of hydrogen-bond donors (Lipinski definition) is 1. The molecule has 0 aromatic carbocycles. The van der Waals surface area contributed by atoms with Crippen LogP contribution in [-0.2, 0) is 11.8 Å². The highest BCUT2D eigenvalue weighted by Crippen LogP contribution is 2.40. The third-order valence-corrected chi connectivity index (χ3v) is 4.40. The summed E-state index contributed by atoms with van der Waals surface area (Å²) in [6.45, 7) is 1.91. The summed E-state index contributed by atoms with van der Waals surface area (Å²) in [7, 11) is 1.85. The van der Waals surface area contributed by atoms with Gasteiger partial charge in [-0.05, 0) is 31.7 Å². The lowest BCUT2D eigenvalue weighted by atomic mass is 10.1. The molecule has 3 rings (SSSR count). The predicted octanol–water partition coefficient (Wildman–Crippen LogP) is 1.27. The lowest BCUT2D eigenvalue weighted by Crippen LogP contribution is -2.33. The minimum Gasteiger partial charge on any atom is -0.345 e. The normalized spacial score (nSPS) is 15.5. The second kappa shape index (κ2) is 6.43. The second-order valence-electron chi connectivity index (χ2n) is 5.39. The second-order valence-corrected chi connectivity index (χ2v) is 6.34. The number of nitrogens with zero attached hydrogens (tertiary/aromatic N) is 5. The molecule has 1 atom stereocenters. The van der Waals surface area contributed by atoms with E-state index in [9.17, 15) is 4.79 Å². The van der Waals surface area contributed by atoms with Crippen molar-refractivity contribution in [1.29, 1.82) is 0 Å². The van der Waals surface area contributed by atoms with Crippen LogP contribution >= 0.6 is 11.8 Å². The molecule has 1 amide bonds. The third-order valence-electron chi connectivity index (χ3n) is 3.54. The summed E-state index contributed by atoms with van der Waals surface area (Å²) in [5, 5.41) is 7.78. The Labute approximate surface area is 133 Å². The molecule has 2 aromatic rings. The van der Waals surface area contributed by atoms with Crippen LogP contribution in [0, 0.1) is 12.8 Å². The van der Waals surface area contributed by atoms with Crippen LogP contribution in [0.5, 0.6) is 0 Å². The monoisotopic (exact) mass is 318 g/mol. The maximum atomic E-state index is 12.2. The summed E-state index contributed by atoms with van der Waals surface area (Å²) in [6.07, 6.45) is 5.46. The Hall–Kier alpha value is -1.96. The summed E-state index contributed by atoms with van der Waals surface area (Å²) in [5.41, 5.74) is 0.896. The quantitative estimate of drug-likeness (QED) is 0.638. The molecule has 116 valence electrons. The molecule has 2 heterocycles. The van der Waals surface area contributed by atoms with Gasteiger partial charge in [-0.15, -0.1) is 0 Å². The molecule has 0 spiro atoms. The van der Waals surface area contributed by atoms with Gasteiger partial charge in [-0.25, -0.2) is 15.0 Å². The number of carbonyl (C=O) groups is 1. The zero-order valence-electron chi connectivity index (χ0n) is 12.6. The Morgan fingerprint density at radius 3 is 2.95 bits per heavy atom. The van der Waals surface area contributed by atoms with Crippen molar-refractivity contribution in [2.45, 2.75) is 31.0 Å². The van der Waals surface area contributed by atoms with Crippen molar-refractivity contribution in [3.63, 3.8) is 0 Å². The molecule has 2 aromatic heterocycles. The fourth-order valence-electron chi connectivity index (χ4n) is 2.25. The van der Waals surface area contributed by atoms with Gasteiger partial charge in [0.25, 0.3) is 0 Å². The Bertz CT molecular complexity index is 669. The average molecular weight is 318 g/mol. The van der Waals surface area contributed by atoms with E-state index in [2.05, 4.69) is 25.4 Å². The van der Waals surface area contributed by atoms with Gasteiger partial charge in [-0.3, -0.25) is 9.48 Å². The zero-order chi connectivity index (χ0) is 15.5. The molecule has 0 saturated heterocycles. The number of rotatable bonds is 6. The number of nitrogens with one attached hydrogen (secondary N) is 1. The largest absolute Gasteiger partial charge is 0.345 e. The van der Waals surface area contributed by atoms with Crippen LogP contribution in [0.25, 0.3) is 0 Å². The Morgan fingerprint density at radius 1 is 1.50 bits per heavy atom. The molecule has 0 aliphatic heterocycles. The van der Waals surface area contributed by atoms with Crippen molar-refractivity contribution in [3.05, 3.63) is 30.1 Å². The Morgan fingerprint density at radius 2 is 2.32 bits per heavy atom. The third kappa shape index (κ3) is 3.62. The van der Waals surface area contributed by atoms with Crippen LogP contribution in [0.4, 0.5) is 0 Å². The van der Waals surface area contributed by atoms with E-state index in [1.165, 1.54) is 18.1 Å². The van der Waals surface area contributed by atoms with Crippen LogP contribution in [0.2, 0.25) is 0 Å². The molecule has 1 aliphatic carbocycles. The average Bonchev–Trinajstić information content (AvgIpc) is 3.25. The number of hydrogen-bond acceptors (Lipinski definition) is 6. The lowest BCUT2D eigenvalue weighted by molar-refractivity contribution is -0.119. The standard InChI is InChI=1S/C14H18N6OS/c1-9-5-6-15-14(18-9)22-7-11(21)19-12(10-3-4-10)13-16-8-17-20(13)2/h5-6,8,10,12H,3-4,7H2,1-2H3,(H,19,21). The molecule has 1 fully saturated rings. The predicted molar refractivity (Wildman–Crippen MR) is 82.1 cm³/mol. The van der Waals surface area contributed by atoms with E-state index in [1.807, 2.05) is 20.0 Å². The van der Waals surface area contributed by atoms with Crippen molar-refractivity contribution in [2.75, 3.05) is 5.75 Å². The van der Waals surface area contributed by atoms with Gasteiger partial charge in [0.1, 0.15) is 12.2 Å². The maximum Gasteiger partial charge on any atom is 0.231 e. The maximum absolute atomic E-state index is 12.2. The first-order valence-electron chi connectivity index (χ1n) is 7.19. The smallest absolute Gasteiger partial charge is 0.231 e. The van der Waals surface area contributed by atoms with Gasteiger partial charge >= 0.3 is 0 Å². The summed E-state index contributed by atoms with van der Waals surface area (Å²) in [5.74, 6) is 1.54. The fraction of sp³-hybridized carbons (Fsp3) is 0.500. The van der Waals surface area contributed by atoms with Gasteiger partial charge in [0.05, 0.1) is 11.8 Å². The van der Waals surface area contributed by atoms with Crippen LogP contribution in [0.15, 0.2) is 23.7 Å². The van der Waals surface area contributed by atoms with Crippen molar-refractivity contribution < 1.29 is 4.79 Å². The molecule has 1 aliphatic rings. The minimum absolute atomic E-state index is 0.0324. The van der Waals surface area contributed by atoms with Gasteiger partial charge in [-0.1, -0.05) is 11.8 Å². The van der Waals surface area contributed by atoms with Gasteiger partial charge < -0.3 is 5.32 Å². The lowest BCUT2D eigenvalue weighted by Gasteiger charge is -2.17. The molecule has 8 heteroatoms. The summed E-state index contributed by atoms with van der Waals surface area (Å²) in [6, 6.07) is 1.78. The van der Waals surface area contributed by atoms with E-state index in [0.717, 1.165) is 24.4 Å². The highest BCUT2D eigenvalue weighted by atomic mass is 32.2. The fourth-order valence-corrected chi connectivity index (χ4v) is 2.94. The molecule has 0 radical (unpaired) electrons. The number of carbonyl (C=O) groups excluding carboxylic acids is 1. The van der Waals surface area contributed by atoms with Crippen molar-refractivity contribution in [3.8, 4) is 0 Å². The Balaban J connectivity index is 1.59. The molecule has 1 saturated carbocycles. The van der Waals surface area contributed by atoms with Crippen molar-refractivity contribution in [2.24, 2.45) is 13.0 Å². The molecule has 7 nitrogen and oxygen atoms in total. The van der Waals surface area contributed by atoms with Gasteiger partial charge in [0.2, 0.25) is 5.91 Å². The molecular weight excluding hydrogens is 300 g/mol.